The Labute approximate surface area is 103 Å². The highest BCUT2D eigenvalue weighted by Crippen LogP contribution is 2.05. The van der Waals surface area contributed by atoms with Crippen LogP contribution in [0.4, 0.5) is 5.69 Å². The largest absolute Gasteiger partial charge is 0.399 e. The maximum atomic E-state index is 11.6. The van der Waals surface area contributed by atoms with Crippen molar-refractivity contribution in [2.75, 3.05) is 5.73 Å². The molecular weight excluding hydrogens is 234 g/mol. The van der Waals surface area contributed by atoms with Gasteiger partial charge < -0.3 is 5.73 Å². The van der Waals surface area contributed by atoms with Gasteiger partial charge in [0.1, 0.15) is 0 Å². The van der Waals surface area contributed by atoms with Crippen molar-refractivity contribution >= 4 is 29.1 Å². The number of nitrogens with one attached hydrogen (secondary N) is 1. The number of hydrogen-bond donors (Lipinski definition) is 2. The smallest absolute Gasteiger partial charge is 0.271 e. The monoisotopic (exact) mass is 245 g/mol. The Kier molecular flexibility index (Phi) is 3.52. The summed E-state index contributed by atoms with van der Waals surface area (Å²) in [6, 6.07) is 8.59. The molecule has 1 aromatic heterocycles. The second-order valence-corrected chi connectivity index (χ2v) is 4.16. The van der Waals surface area contributed by atoms with Crippen LogP contribution >= 0.6 is 11.3 Å². The number of nitrogen functional groups attached to an aromatic ring is 1. The van der Waals surface area contributed by atoms with Crippen molar-refractivity contribution in [3.63, 3.8) is 0 Å². The first-order chi connectivity index (χ1) is 8.25. The van der Waals surface area contributed by atoms with Gasteiger partial charge in [-0.05, 0) is 41.1 Å². The van der Waals surface area contributed by atoms with Crippen molar-refractivity contribution in [2.24, 2.45) is 5.10 Å². The number of nitrogens with two attached hydrogens (primary N) is 1. The van der Waals surface area contributed by atoms with Gasteiger partial charge >= 0.3 is 0 Å². The summed E-state index contributed by atoms with van der Waals surface area (Å²) in [5.41, 5.74) is 10.1. The van der Waals surface area contributed by atoms with Gasteiger partial charge in [-0.1, -0.05) is 0 Å². The summed E-state index contributed by atoms with van der Waals surface area (Å²) < 4.78 is 0. The Hall–Kier alpha value is -2.14. The Balaban J connectivity index is 1.96. The van der Waals surface area contributed by atoms with Crippen molar-refractivity contribution in [3.05, 3.63) is 52.2 Å². The predicted molar refractivity (Wildman–Crippen MR) is 70.2 cm³/mol. The second-order valence-electron chi connectivity index (χ2n) is 3.38. The zero-order valence-corrected chi connectivity index (χ0v) is 9.78. The fourth-order valence-electron chi connectivity index (χ4n) is 1.21. The summed E-state index contributed by atoms with van der Waals surface area (Å²) in [7, 11) is 0. The third-order valence-corrected chi connectivity index (χ3v) is 2.80. The summed E-state index contributed by atoms with van der Waals surface area (Å²) in [5.74, 6) is -0.253. The number of amides is 1. The van der Waals surface area contributed by atoms with Gasteiger partial charge in [-0.3, -0.25) is 4.79 Å². The van der Waals surface area contributed by atoms with E-state index < -0.39 is 0 Å². The number of benzene rings is 1. The predicted octanol–water partition coefficient (Wildman–Crippen LogP) is 2.09. The molecular formula is C12H11N3OS. The lowest BCUT2D eigenvalue weighted by Crippen LogP contribution is -2.17. The summed E-state index contributed by atoms with van der Waals surface area (Å²) in [5, 5.41) is 7.75. The van der Waals surface area contributed by atoms with E-state index in [0.29, 0.717) is 11.3 Å². The van der Waals surface area contributed by atoms with E-state index >= 15 is 0 Å². The molecule has 0 atom stereocenters. The second kappa shape index (κ2) is 5.27. The topological polar surface area (TPSA) is 67.5 Å². The fourth-order valence-corrected chi connectivity index (χ4v) is 1.82. The quantitative estimate of drug-likeness (QED) is 0.494. The van der Waals surface area contributed by atoms with E-state index in [-0.39, 0.29) is 5.91 Å². The van der Waals surface area contributed by atoms with Crippen molar-refractivity contribution in [2.45, 2.75) is 0 Å². The molecule has 86 valence electrons. The Morgan fingerprint density at radius 1 is 1.29 bits per heavy atom. The first kappa shape index (κ1) is 11.3. The average Bonchev–Trinajstić information content (AvgIpc) is 2.83. The molecule has 1 aromatic carbocycles. The van der Waals surface area contributed by atoms with Crippen LogP contribution in [-0.2, 0) is 0 Å². The van der Waals surface area contributed by atoms with E-state index in [1.54, 1.807) is 41.8 Å². The molecule has 0 aliphatic carbocycles. The summed E-state index contributed by atoms with van der Waals surface area (Å²) in [6.07, 6.45) is 1.60. The van der Waals surface area contributed by atoms with Crippen LogP contribution in [0.2, 0.25) is 0 Å². The van der Waals surface area contributed by atoms with Gasteiger partial charge in [0.15, 0.2) is 0 Å². The number of anilines is 1. The van der Waals surface area contributed by atoms with Crippen LogP contribution in [0.3, 0.4) is 0 Å². The molecule has 0 saturated carbocycles. The van der Waals surface area contributed by atoms with Crippen LogP contribution in [-0.4, -0.2) is 12.1 Å². The fraction of sp³-hybridized carbons (Fsp3) is 0. The minimum atomic E-state index is -0.253. The van der Waals surface area contributed by atoms with Crippen molar-refractivity contribution in [3.8, 4) is 0 Å². The Bertz CT molecular complexity index is 517. The molecule has 0 aliphatic heterocycles. The highest BCUT2D eigenvalue weighted by Gasteiger charge is 2.02. The highest BCUT2D eigenvalue weighted by atomic mass is 32.1. The van der Waals surface area contributed by atoms with Crippen molar-refractivity contribution in [1.82, 2.24) is 5.43 Å². The lowest BCUT2D eigenvalue weighted by Gasteiger charge is -1.99. The minimum Gasteiger partial charge on any atom is -0.399 e. The Morgan fingerprint density at radius 2 is 2.06 bits per heavy atom. The van der Waals surface area contributed by atoms with E-state index in [0.717, 1.165) is 5.56 Å². The van der Waals surface area contributed by atoms with Crippen LogP contribution in [0.15, 0.2) is 46.2 Å². The molecule has 1 heterocycles. The number of carbonyl (C=O) groups excluding carboxylic acids is 1. The molecule has 0 unspecified atom stereocenters. The van der Waals surface area contributed by atoms with Gasteiger partial charge in [0, 0.05) is 16.8 Å². The van der Waals surface area contributed by atoms with Gasteiger partial charge in [0.2, 0.25) is 0 Å². The van der Waals surface area contributed by atoms with Crippen LogP contribution in [0, 0.1) is 0 Å². The van der Waals surface area contributed by atoms with E-state index in [9.17, 15) is 4.79 Å². The van der Waals surface area contributed by atoms with Crippen molar-refractivity contribution < 1.29 is 4.79 Å². The Morgan fingerprint density at radius 3 is 2.71 bits per heavy atom. The van der Waals surface area contributed by atoms with E-state index in [4.69, 9.17) is 5.73 Å². The molecule has 0 bridgehead atoms. The third-order valence-electron chi connectivity index (χ3n) is 2.10. The number of rotatable bonds is 3. The lowest BCUT2D eigenvalue weighted by atomic mass is 10.2. The number of hydrazone groups is 1. The number of hydrogen-bond acceptors (Lipinski definition) is 4. The van der Waals surface area contributed by atoms with Crippen LogP contribution in [0.5, 0.6) is 0 Å². The molecule has 5 heteroatoms. The normalized spacial score (nSPS) is 10.6. The first-order valence-electron chi connectivity index (χ1n) is 4.97. The average molecular weight is 245 g/mol. The van der Waals surface area contributed by atoms with Crippen LogP contribution in [0.1, 0.15) is 15.9 Å². The zero-order chi connectivity index (χ0) is 12.1. The van der Waals surface area contributed by atoms with Crippen molar-refractivity contribution in [1.29, 1.82) is 0 Å². The third kappa shape index (κ3) is 3.15. The number of thiophene rings is 1. The molecule has 3 N–H and O–H groups in total. The van der Waals surface area contributed by atoms with E-state index in [1.807, 2.05) is 16.8 Å². The standard InChI is InChI=1S/C12H11N3OS/c13-11-3-1-10(2-4-11)12(16)15-14-7-9-5-6-17-8-9/h1-8H,13H2,(H,15,16)/b14-7-. The summed E-state index contributed by atoms with van der Waals surface area (Å²) >= 11 is 1.58. The summed E-state index contributed by atoms with van der Waals surface area (Å²) in [6.45, 7) is 0. The molecule has 17 heavy (non-hydrogen) atoms. The molecule has 4 nitrogen and oxygen atoms in total. The molecule has 0 radical (unpaired) electrons. The van der Waals surface area contributed by atoms with E-state index in [2.05, 4.69) is 10.5 Å². The molecule has 0 spiro atoms. The summed E-state index contributed by atoms with van der Waals surface area (Å²) in [4.78, 5) is 11.6. The van der Waals surface area contributed by atoms with Crippen LogP contribution < -0.4 is 11.2 Å². The maximum Gasteiger partial charge on any atom is 0.271 e. The highest BCUT2D eigenvalue weighted by molar-refractivity contribution is 7.08. The van der Waals surface area contributed by atoms with Crippen LogP contribution in [0.25, 0.3) is 0 Å². The number of nitrogens with zero attached hydrogens (tertiary/aromatic N) is 1. The lowest BCUT2D eigenvalue weighted by molar-refractivity contribution is 0.0955. The van der Waals surface area contributed by atoms with Gasteiger partial charge in [0.25, 0.3) is 5.91 Å². The maximum absolute atomic E-state index is 11.6. The van der Waals surface area contributed by atoms with Gasteiger partial charge in [0.05, 0.1) is 6.21 Å². The molecule has 1 amide bonds. The van der Waals surface area contributed by atoms with E-state index in [1.165, 1.54) is 0 Å². The number of carbonyl (C=O) groups is 1. The first-order valence-corrected chi connectivity index (χ1v) is 5.91. The SMILES string of the molecule is Nc1ccc(C(=O)N/N=C\c2ccsc2)cc1. The molecule has 0 aliphatic rings. The molecule has 0 saturated heterocycles. The van der Waals surface area contributed by atoms with Gasteiger partial charge in [-0.2, -0.15) is 16.4 Å². The molecule has 0 fully saturated rings. The molecule has 2 rings (SSSR count). The van der Waals surface area contributed by atoms with Gasteiger partial charge in [-0.15, -0.1) is 0 Å². The zero-order valence-electron chi connectivity index (χ0n) is 8.96. The molecule has 2 aromatic rings. The van der Waals surface area contributed by atoms with Gasteiger partial charge in [-0.25, -0.2) is 5.43 Å². The minimum absolute atomic E-state index is 0.253.